The summed E-state index contributed by atoms with van der Waals surface area (Å²) < 4.78 is 4.90. The van der Waals surface area contributed by atoms with Gasteiger partial charge in [0.25, 0.3) is 0 Å². The smallest absolute Gasteiger partial charge is 0.320 e. The number of benzene rings is 1. The molecule has 4 nitrogen and oxygen atoms in total. The van der Waals surface area contributed by atoms with Gasteiger partial charge in [0.2, 0.25) is 0 Å². The molecular formula is C14H20ClNO3. The fourth-order valence-electron chi connectivity index (χ4n) is 1.76. The molecule has 0 heterocycles. The second kappa shape index (κ2) is 8.15. The Morgan fingerprint density at radius 3 is 2.79 bits per heavy atom. The second-order valence-electron chi connectivity index (χ2n) is 4.20. The highest BCUT2D eigenvalue weighted by Gasteiger charge is 2.15. The van der Waals surface area contributed by atoms with Crippen LogP contribution in [0, 0.1) is 0 Å². The van der Waals surface area contributed by atoms with Crippen molar-refractivity contribution < 1.29 is 14.6 Å². The molecule has 1 atom stereocenters. The highest BCUT2D eigenvalue weighted by atomic mass is 35.5. The number of ether oxygens (including phenoxy) is 1. The van der Waals surface area contributed by atoms with Gasteiger partial charge in [-0.1, -0.05) is 30.7 Å². The standard InChI is InChI=1S/C14H20ClNO3/c1-3-16(10-14(18)19-4-2)9-13(17)11-6-5-7-12(15)8-11/h5-8,13,17H,3-4,9-10H2,1-2H3. The van der Waals surface area contributed by atoms with Gasteiger partial charge < -0.3 is 9.84 Å². The molecule has 0 saturated heterocycles. The van der Waals surface area contributed by atoms with E-state index in [1.165, 1.54) is 0 Å². The molecule has 0 aromatic heterocycles. The van der Waals surface area contributed by atoms with Crippen LogP contribution >= 0.6 is 11.6 Å². The normalized spacial score (nSPS) is 12.5. The van der Waals surface area contributed by atoms with E-state index in [1.54, 1.807) is 25.1 Å². The molecule has 0 saturated carbocycles. The zero-order valence-corrected chi connectivity index (χ0v) is 12.1. The summed E-state index contributed by atoms with van der Waals surface area (Å²) in [6.45, 7) is 5.29. The van der Waals surface area contributed by atoms with Crippen molar-refractivity contribution in [1.29, 1.82) is 0 Å². The van der Waals surface area contributed by atoms with E-state index in [-0.39, 0.29) is 12.5 Å². The lowest BCUT2D eigenvalue weighted by Gasteiger charge is -2.22. The Labute approximate surface area is 118 Å². The summed E-state index contributed by atoms with van der Waals surface area (Å²) >= 11 is 5.89. The highest BCUT2D eigenvalue weighted by Crippen LogP contribution is 2.18. The maximum atomic E-state index is 11.4. The average Bonchev–Trinajstić information content (AvgIpc) is 2.38. The third kappa shape index (κ3) is 5.59. The summed E-state index contributed by atoms with van der Waals surface area (Å²) in [6.07, 6.45) is -0.673. The number of hydrogen-bond donors (Lipinski definition) is 1. The van der Waals surface area contributed by atoms with Gasteiger partial charge in [-0.05, 0) is 31.2 Å². The largest absolute Gasteiger partial charge is 0.465 e. The maximum absolute atomic E-state index is 11.4. The van der Waals surface area contributed by atoms with Gasteiger partial charge in [-0.15, -0.1) is 0 Å². The van der Waals surface area contributed by atoms with Crippen molar-refractivity contribution in [3.63, 3.8) is 0 Å². The van der Waals surface area contributed by atoms with Crippen LogP contribution in [0.3, 0.4) is 0 Å². The molecule has 106 valence electrons. The van der Waals surface area contributed by atoms with Crippen LogP contribution in [0.2, 0.25) is 5.02 Å². The Bertz CT molecular complexity index is 411. The quantitative estimate of drug-likeness (QED) is 0.781. The monoisotopic (exact) mass is 285 g/mol. The predicted molar refractivity (Wildman–Crippen MR) is 75.2 cm³/mol. The number of aliphatic hydroxyl groups excluding tert-OH is 1. The third-order valence-corrected chi connectivity index (χ3v) is 3.00. The molecular weight excluding hydrogens is 266 g/mol. The molecule has 0 spiro atoms. The van der Waals surface area contributed by atoms with E-state index in [9.17, 15) is 9.90 Å². The number of halogens is 1. The van der Waals surface area contributed by atoms with Gasteiger partial charge >= 0.3 is 5.97 Å². The first-order valence-corrected chi connectivity index (χ1v) is 6.76. The van der Waals surface area contributed by atoms with Crippen LogP contribution in [0.25, 0.3) is 0 Å². The maximum Gasteiger partial charge on any atom is 0.320 e. The van der Waals surface area contributed by atoms with E-state index in [1.807, 2.05) is 17.9 Å². The Kier molecular flexibility index (Phi) is 6.84. The Morgan fingerprint density at radius 2 is 2.21 bits per heavy atom. The topological polar surface area (TPSA) is 49.8 Å². The van der Waals surface area contributed by atoms with E-state index in [4.69, 9.17) is 16.3 Å². The van der Waals surface area contributed by atoms with Gasteiger partial charge in [-0.3, -0.25) is 9.69 Å². The van der Waals surface area contributed by atoms with Gasteiger partial charge in [-0.2, -0.15) is 0 Å². The van der Waals surface area contributed by atoms with E-state index in [0.29, 0.717) is 24.7 Å². The molecule has 1 unspecified atom stereocenters. The van der Waals surface area contributed by atoms with Crippen molar-refractivity contribution in [3.8, 4) is 0 Å². The first kappa shape index (κ1) is 16.0. The molecule has 0 bridgehead atoms. The summed E-state index contributed by atoms with van der Waals surface area (Å²) in [5.41, 5.74) is 0.745. The second-order valence-corrected chi connectivity index (χ2v) is 4.64. The van der Waals surface area contributed by atoms with Crippen LogP contribution in [0.1, 0.15) is 25.5 Å². The number of rotatable bonds is 7. The number of carbonyl (C=O) groups excluding carboxylic acids is 1. The van der Waals surface area contributed by atoms with E-state index >= 15 is 0 Å². The van der Waals surface area contributed by atoms with Gasteiger partial charge in [0.1, 0.15) is 0 Å². The molecule has 1 N–H and O–H groups in total. The number of nitrogens with zero attached hydrogens (tertiary/aromatic N) is 1. The van der Waals surface area contributed by atoms with Crippen molar-refractivity contribution in [2.24, 2.45) is 0 Å². The van der Waals surface area contributed by atoms with Crippen molar-refractivity contribution >= 4 is 17.6 Å². The van der Waals surface area contributed by atoms with Crippen molar-refractivity contribution in [2.45, 2.75) is 20.0 Å². The lowest BCUT2D eigenvalue weighted by atomic mass is 10.1. The predicted octanol–water partition coefficient (Wildman–Crippen LogP) is 2.26. The van der Waals surface area contributed by atoms with E-state index in [0.717, 1.165) is 5.56 Å². The molecule has 1 rings (SSSR count). The van der Waals surface area contributed by atoms with E-state index in [2.05, 4.69) is 0 Å². The molecule has 0 fully saturated rings. The number of likely N-dealkylation sites (N-methyl/N-ethyl adjacent to an activating group) is 1. The highest BCUT2D eigenvalue weighted by molar-refractivity contribution is 6.30. The first-order valence-electron chi connectivity index (χ1n) is 6.38. The molecule has 5 heteroatoms. The zero-order valence-electron chi connectivity index (χ0n) is 11.3. The Morgan fingerprint density at radius 1 is 1.47 bits per heavy atom. The van der Waals surface area contributed by atoms with Gasteiger partial charge in [0.05, 0.1) is 19.3 Å². The summed E-state index contributed by atoms with van der Waals surface area (Å²) in [5, 5.41) is 10.7. The molecule has 0 aliphatic carbocycles. The third-order valence-electron chi connectivity index (χ3n) is 2.77. The van der Waals surface area contributed by atoms with Crippen molar-refractivity contribution in [2.75, 3.05) is 26.2 Å². The molecule has 0 amide bonds. The molecule has 1 aromatic carbocycles. The summed E-state index contributed by atoms with van der Waals surface area (Å²) in [4.78, 5) is 13.3. The number of hydrogen-bond acceptors (Lipinski definition) is 4. The molecule has 1 aromatic rings. The van der Waals surface area contributed by atoms with Crippen molar-refractivity contribution in [1.82, 2.24) is 4.90 Å². The van der Waals surface area contributed by atoms with Crippen LogP contribution in [-0.4, -0.2) is 42.2 Å². The van der Waals surface area contributed by atoms with Crippen molar-refractivity contribution in [3.05, 3.63) is 34.9 Å². The fourth-order valence-corrected chi connectivity index (χ4v) is 1.96. The Balaban J connectivity index is 2.57. The van der Waals surface area contributed by atoms with Gasteiger partial charge in [-0.25, -0.2) is 0 Å². The summed E-state index contributed by atoms with van der Waals surface area (Å²) in [5.74, 6) is -0.275. The minimum atomic E-state index is -0.673. The first-order chi connectivity index (χ1) is 9.06. The Hall–Kier alpha value is -1.10. The van der Waals surface area contributed by atoms with Crippen LogP contribution in [0.5, 0.6) is 0 Å². The minimum Gasteiger partial charge on any atom is -0.465 e. The zero-order chi connectivity index (χ0) is 14.3. The number of esters is 1. The van der Waals surface area contributed by atoms with Gasteiger partial charge in [0.15, 0.2) is 0 Å². The van der Waals surface area contributed by atoms with Crippen LogP contribution in [0.15, 0.2) is 24.3 Å². The minimum absolute atomic E-state index is 0.183. The molecule has 19 heavy (non-hydrogen) atoms. The van der Waals surface area contributed by atoms with Gasteiger partial charge in [0, 0.05) is 11.6 Å². The number of carbonyl (C=O) groups is 1. The molecule has 0 radical (unpaired) electrons. The fraction of sp³-hybridized carbons (Fsp3) is 0.500. The number of aliphatic hydroxyl groups is 1. The lowest BCUT2D eigenvalue weighted by Crippen LogP contribution is -2.34. The summed E-state index contributed by atoms with van der Waals surface area (Å²) in [6, 6.07) is 7.09. The average molecular weight is 286 g/mol. The van der Waals surface area contributed by atoms with Crippen LogP contribution < -0.4 is 0 Å². The lowest BCUT2D eigenvalue weighted by molar-refractivity contribution is -0.144. The summed E-state index contributed by atoms with van der Waals surface area (Å²) in [7, 11) is 0. The SMILES string of the molecule is CCOC(=O)CN(CC)CC(O)c1cccc(Cl)c1. The van der Waals surface area contributed by atoms with Crippen LogP contribution in [0.4, 0.5) is 0 Å². The van der Waals surface area contributed by atoms with E-state index < -0.39 is 6.10 Å². The van der Waals surface area contributed by atoms with Crippen LogP contribution in [-0.2, 0) is 9.53 Å². The molecule has 0 aliphatic rings. The molecule has 0 aliphatic heterocycles.